The molecule has 0 heterocycles. The van der Waals surface area contributed by atoms with Crippen molar-refractivity contribution in [3.05, 3.63) is 0 Å². The summed E-state index contributed by atoms with van der Waals surface area (Å²) in [5.41, 5.74) is 0. The molecular weight excluding hydrogens is 726 g/mol. The van der Waals surface area contributed by atoms with Gasteiger partial charge in [0.25, 0.3) is 63.2 Å². The Hall–Kier alpha value is 2.98. The Morgan fingerprint density at radius 1 is 0.400 bits per heavy atom. The Labute approximate surface area is 139 Å². The Balaban J connectivity index is -0.0000000184. The minimum absolute atomic E-state index is 0. The zero-order valence-corrected chi connectivity index (χ0v) is 14.3. The molecule has 0 saturated carbocycles. The van der Waals surface area contributed by atoms with Gasteiger partial charge in [-0.3, -0.25) is 0 Å². The van der Waals surface area contributed by atoms with Crippen LogP contribution in [0.4, 0.5) is 0 Å². The maximum Gasteiger partial charge on any atom is 3.00 e. The molecule has 0 aliphatic heterocycles. The molecule has 0 aromatic carbocycles. The second-order valence-electron chi connectivity index (χ2n) is 0.567. The Morgan fingerprint density at radius 3 is 0.400 bits per heavy atom. The summed E-state index contributed by atoms with van der Waals surface area (Å²) in [6, 6.07) is 0. The fourth-order valence-electron chi connectivity index (χ4n) is 0. The minimum atomic E-state index is -4.01. The molecule has 0 amide bonds. The van der Waals surface area contributed by atoms with Crippen LogP contribution in [0.3, 0.4) is 0 Å². The quantitative estimate of drug-likeness (QED) is 0.214. The molecule has 0 unspecified atom stereocenters. The minimum Gasteiger partial charge on any atom is -0.427 e. The molecule has 4 N–H and O–H groups in total. The van der Waals surface area contributed by atoms with Gasteiger partial charge in [0.05, 0.1) is 0 Å². The molecule has 0 atom stereocenters. The van der Waals surface area contributed by atoms with E-state index in [4.69, 9.17) is 30.9 Å². The first-order valence-electron chi connectivity index (χ1n) is 1.39. The SMILES string of the molecule is O.O.[O-][I+2]([O-])[O-].[O-][I+2]([O-])[O-].[O-][I+2]([O-])[O-].[Tm+3]. The van der Waals surface area contributed by atoms with Crippen LogP contribution >= 0.6 is 0 Å². The van der Waals surface area contributed by atoms with Crippen LogP contribution in [0.5, 0.6) is 0 Å². The number of hydrogen-bond donors (Lipinski definition) is 0. The van der Waals surface area contributed by atoms with Crippen molar-refractivity contribution in [2.75, 3.05) is 0 Å². The van der Waals surface area contributed by atoms with E-state index in [-0.39, 0.29) is 47.8 Å². The van der Waals surface area contributed by atoms with Crippen LogP contribution in [0.1, 0.15) is 0 Å². The third kappa shape index (κ3) is 428. The van der Waals surface area contributed by atoms with Gasteiger partial charge < -0.3 is 41.9 Å². The van der Waals surface area contributed by atoms with Crippen LogP contribution in [0, 0.1) is 36.9 Å². The summed E-state index contributed by atoms with van der Waals surface area (Å²) in [4.78, 5) is 0. The van der Waals surface area contributed by atoms with Crippen LogP contribution < -0.4 is 94.1 Å². The Morgan fingerprint density at radius 2 is 0.400 bits per heavy atom. The smallest absolute Gasteiger partial charge is 0.427 e. The van der Waals surface area contributed by atoms with E-state index in [2.05, 4.69) is 0 Å². The van der Waals surface area contributed by atoms with E-state index in [1.165, 1.54) is 0 Å². The van der Waals surface area contributed by atoms with Gasteiger partial charge in [-0.05, 0) is 0 Å². The van der Waals surface area contributed by atoms with E-state index in [1.807, 2.05) is 0 Å². The van der Waals surface area contributed by atoms with Crippen molar-refractivity contribution in [2.24, 2.45) is 0 Å². The first-order valence-corrected chi connectivity index (χ1v) is 9.32. The van der Waals surface area contributed by atoms with Gasteiger partial charge in [0.15, 0.2) is 0 Å². The normalized spacial score (nSPS) is 7.20. The standard InChI is InChI=1S/3IO3.2H2O.Tm/c3*2-1(3)4;;;/h;;;2*1H2;/q3*-1;;;+3. The maximum atomic E-state index is 8.57. The molecule has 0 aromatic rings. The van der Waals surface area contributed by atoms with Crippen molar-refractivity contribution >= 4 is 0 Å². The Kier molecular flexibility index (Phi) is 72.8. The molecule has 11 nitrogen and oxygen atoms in total. The van der Waals surface area contributed by atoms with E-state index in [1.54, 1.807) is 0 Å². The summed E-state index contributed by atoms with van der Waals surface area (Å²) in [6.45, 7) is 0. The van der Waals surface area contributed by atoms with Gasteiger partial charge in [0, 0.05) is 0 Å². The summed E-state index contributed by atoms with van der Waals surface area (Å²) in [5, 5.41) is 0. The topological polar surface area (TPSA) is 271 Å². The van der Waals surface area contributed by atoms with E-state index in [9.17, 15) is 0 Å². The fraction of sp³-hybridized carbons (Fsp3) is 0. The third-order valence-electron chi connectivity index (χ3n) is 0. The van der Waals surface area contributed by atoms with Crippen molar-refractivity contribution in [2.45, 2.75) is 0 Å². The van der Waals surface area contributed by atoms with Gasteiger partial charge in [-0.1, -0.05) is 0 Å². The largest absolute Gasteiger partial charge is 3.00 e. The van der Waals surface area contributed by atoms with Crippen LogP contribution in [0.25, 0.3) is 0 Å². The molecule has 15 heteroatoms. The van der Waals surface area contributed by atoms with E-state index >= 15 is 0 Å². The van der Waals surface area contributed by atoms with Crippen molar-refractivity contribution in [3.8, 4) is 0 Å². The molecule has 0 fully saturated rings. The van der Waals surface area contributed by atoms with Crippen LogP contribution in [-0.2, 0) is 0 Å². The van der Waals surface area contributed by atoms with Crippen LogP contribution in [0.15, 0.2) is 0 Å². The van der Waals surface area contributed by atoms with Gasteiger partial charge in [-0.2, -0.15) is 0 Å². The van der Waals surface area contributed by atoms with Gasteiger partial charge in [-0.15, -0.1) is 0 Å². The number of rotatable bonds is 0. The van der Waals surface area contributed by atoms with Gasteiger partial charge >= 0.3 is 36.9 Å². The molecule has 0 aromatic heterocycles. The third-order valence-corrected chi connectivity index (χ3v) is 0. The van der Waals surface area contributed by atoms with Crippen molar-refractivity contribution in [1.82, 2.24) is 0 Å². The molecule has 0 spiro atoms. The average Bonchev–Trinajstić information content (AvgIpc) is 1.54. The molecule has 0 rings (SSSR count). The van der Waals surface area contributed by atoms with Gasteiger partial charge in [0.2, 0.25) is 0 Å². The van der Waals surface area contributed by atoms with E-state index in [0.717, 1.165) is 0 Å². The van der Waals surface area contributed by atoms with E-state index < -0.39 is 63.2 Å². The molecule has 0 aliphatic rings. The Bertz CT molecular complexity index is 44.3. The van der Waals surface area contributed by atoms with Crippen molar-refractivity contribution in [1.29, 1.82) is 0 Å². The van der Waals surface area contributed by atoms with E-state index in [0.29, 0.717) is 0 Å². The molecule has 0 aliphatic carbocycles. The summed E-state index contributed by atoms with van der Waals surface area (Å²) in [5.74, 6) is 0. The zero-order chi connectivity index (χ0) is 10.7. The van der Waals surface area contributed by atoms with Crippen molar-refractivity contribution < 1.29 is 142 Å². The molecule has 0 radical (unpaired) electrons. The summed E-state index contributed by atoms with van der Waals surface area (Å²) >= 11 is -12.0. The number of halogens is 3. The van der Waals surface area contributed by atoms with Gasteiger partial charge in [0.1, 0.15) is 0 Å². The molecule has 0 bridgehead atoms. The number of hydrogen-bond acceptors (Lipinski definition) is 9. The summed E-state index contributed by atoms with van der Waals surface area (Å²) in [6.07, 6.45) is 0. The monoisotopic (exact) mass is 730 g/mol. The maximum absolute atomic E-state index is 8.57. The molecular formula is H4I3O11Tm. The second kappa shape index (κ2) is 30.2. The summed E-state index contributed by atoms with van der Waals surface area (Å²) < 4.78 is 77.2. The van der Waals surface area contributed by atoms with Crippen LogP contribution in [0.2, 0.25) is 0 Å². The molecule has 0 saturated heterocycles. The van der Waals surface area contributed by atoms with Gasteiger partial charge in [-0.25, -0.2) is 0 Å². The predicted molar refractivity (Wildman–Crippen MR) is 7.23 cm³/mol. The van der Waals surface area contributed by atoms with Crippen molar-refractivity contribution in [3.63, 3.8) is 0 Å². The predicted octanol–water partition coefficient (Wildman–Crippen LogP) is -21.3. The average molecular weight is 730 g/mol. The van der Waals surface area contributed by atoms with Crippen LogP contribution in [-0.4, -0.2) is 11.0 Å². The fourth-order valence-corrected chi connectivity index (χ4v) is 0. The summed E-state index contributed by atoms with van der Waals surface area (Å²) in [7, 11) is 0. The molecule has 104 valence electrons. The first-order chi connectivity index (χ1) is 5.20. The first kappa shape index (κ1) is 36.1. The second-order valence-corrected chi connectivity index (χ2v) is 3.80. The zero-order valence-electron chi connectivity index (χ0n) is 6.09. The molecule has 15 heavy (non-hydrogen) atoms.